The Bertz CT molecular complexity index is 2680. The van der Waals surface area contributed by atoms with E-state index in [1.807, 2.05) is 12.1 Å². The number of hydrogen-bond acceptors (Lipinski definition) is 1. The number of benzene rings is 9. The first kappa shape index (κ1) is 24.5. The summed E-state index contributed by atoms with van der Waals surface area (Å²) >= 11 is 0. The molecule has 0 spiro atoms. The Balaban J connectivity index is 1.12. The highest BCUT2D eigenvalue weighted by Gasteiger charge is 2.21. The van der Waals surface area contributed by atoms with Crippen molar-refractivity contribution in [1.29, 1.82) is 0 Å². The lowest BCUT2D eigenvalue weighted by Crippen LogP contribution is -1.97. The Morgan fingerprint density at radius 2 is 0.933 bits per heavy atom. The van der Waals surface area contributed by atoms with Crippen LogP contribution in [0.5, 0.6) is 11.5 Å². The normalized spacial score (nSPS) is 12.2. The summed E-state index contributed by atoms with van der Waals surface area (Å²) in [7, 11) is 0. The quantitative estimate of drug-likeness (QED) is 0.188. The zero-order valence-electron chi connectivity index (χ0n) is 24.4. The lowest BCUT2D eigenvalue weighted by Gasteiger charge is -2.22. The van der Waals surface area contributed by atoms with E-state index in [9.17, 15) is 0 Å². The fourth-order valence-corrected chi connectivity index (χ4v) is 7.53. The van der Waals surface area contributed by atoms with Crippen molar-refractivity contribution in [2.45, 2.75) is 0 Å². The lowest BCUT2D eigenvalue weighted by molar-refractivity contribution is 0.487. The maximum Gasteiger partial charge on any atom is 0.135 e. The van der Waals surface area contributed by atoms with E-state index in [2.05, 4.69) is 146 Å². The van der Waals surface area contributed by atoms with E-state index >= 15 is 0 Å². The van der Waals surface area contributed by atoms with Crippen LogP contribution in [0.15, 0.2) is 158 Å². The number of para-hydroxylation sites is 1. The summed E-state index contributed by atoms with van der Waals surface area (Å²) < 4.78 is 6.34. The van der Waals surface area contributed by atoms with Gasteiger partial charge >= 0.3 is 0 Å². The molecule has 1 aliphatic heterocycles. The molecule has 0 bridgehead atoms. The van der Waals surface area contributed by atoms with Gasteiger partial charge in [0.25, 0.3) is 0 Å². The van der Waals surface area contributed by atoms with Gasteiger partial charge in [-0.15, -0.1) is 0 Å². The predicted molar refractivity (Wildman–Crippen MR) is 190 cm³/mol. The summed E-state index contributed by atoms with van der Waals surface area (Å²) in [5.41, 5.74) is 7.31. The maximum atomic E-state index is 6.34. The van der Waals surface area contributed by atoms with Crippen LogP contribution < -0.4 is 4.74 Å². The molecule has 0 saturated carbocycles. The van der Waals surface area contributed by atoms with Gasteiger partial charge < -0.3 is 4.74 Å². The average Bonchev–Trinajstić information content (AvgIpc) is 3.11. The van der Waals surface area contributed by atoms with Gasteiger partial charge in [0.1, 0.15) is 11.5 Å². The summed E-state index contributed by atoms with van der Waals surface area (Å²) in [6.07, 6.45) is 0. The van der Waals surface area contributed by atoms with Crippen LogP contribution in [-0.4, -0.2) is 0 Å². The molecule has 0 aromatic heterocycles. The topological polar surface area (TPSA) is 9.23 Å². The zero-order chi connectivity index (χ0) is 29.5. The second-order valence-electron chi connectivity index (χ2n) is 12.1. The molecule has 208 valence electrons. The first-order chi connectivity index (χ1) is 22.3. The molecule has 0 aliphatic carbocycles. The first-order valence-electron chi connectivity index (χ1n) is 15.5. The number of rotatable bonds is 2. The van der Waals surface area contributed by atoms with Gasteiger partial charge in [0.05, 0.1) is 0 Å². The summed E-state index contributed by atoms with van der Waals surface area (Å²) in [5, 5.41) is 12.6. The number of hydrogen-bond donors (Lipinski definition) is 0. The third-order valence-electron chi connectivity index (χ3n) is 9.61. The standard InChI is InChI=1S/C44H26O/c1-2-9-34-27(8-1)16-21-32-26-40(35-10-3-4-12-38(35)43(32)34)31-20-18-28-24-30(19-17-29(28)25-31)33-22-23-42-44-37(33)13-7-14-39(44)36-11-5-6-15-41(36)45-42/h1-26H. The van der Waals surface area contributed by atoms with Gasteiger partial charge in [-0.2, -0.15) is 0 Å². The molecule has 0 unspecified atom stereocenters. The summed E-state index contributed by atoms with van der Waals surface area (Å²) in [4.78, 5) is 0. The summed E-state index contributed by atoms with van der Waals surface area (Å²) in [5.74, 6) is 1.84. The highest BCUT2D eigenvalue weighted by molar-refractivity contribution is 6.23. The van der Waals surface area contributed by atoms with Gasteiger partial charge in [-0.25, -0.2) is 0 Å². The van der Waals surface area contributed by atoms with Gasteiger partial charge in [0.2, 0.25) is 0 Å². The van der Waals surface area contributed by atoms with Crippen molar-refractivity contribution in [2.75, 3.05) is 0 Å². The van der Waals surface area contributed by atoms with Crippen LogP contribution in [0.2, 0.25) is 0 Å². The minimum absolute atomic E-state index is 0.916. The van der Waals surface area contributed by atoms with Crippen LogP contribution in [0.1, 0.15) is 0 Å². The van der Waals surface area contributed by atoms with Gasteiger partial charge in [-0.1, -0.05) is 127 Å². The molecule has 9 aromatic rings. The van der Waals surface area contributed by atoms with Crippen molar-refractivity contribution in [3.05, 3.63) is 158 Å². The SMILES string of the molecule is c1ccc2c(c1)Oc1ccc(-c3ccc4cc(-c5cc6ccc7ccccc7c6c6ccccc56)ccc4c3)c3cccc-2c13. The van der Waals surface area contributed by atoms with E-state index in [0.29, 0.717) is 0 Å². The van der Waals surface area contributed by atoms with E-state index in [4.69, 9.17) is 4.74 Å². The molecule has 9 aromatic carbocycles. The van der Waals surface area contributed by atoms with E-state index < -0.39 is 0 Å². The third-order valence-corrected chi connectivity index (χ3v) is 9.61. The predicted octanol–water partition coefficient (Wildman–Crippen LogP) is 12.6. The largest absolute Gasteiger partial charge is 0.456 e. The van der Waals surface area contributed by atoms with Gasteiger partial charge in [0.15, 0.2) is 0 Å². The second kappa shape index (κ2) is 9.29. The number of ether oxygens (including phenoxy) is 1. The minimum Gasteiger partial charge on any atom is -0.456 e. The van der Waals surface area contributed by atoms with E-state index in [1.165, 1.54) is 81.7 Å². The van der Waals surface area contributed by atoms with Gasteiger partial charge in [-0.05, 0) is 107 Å². The average molecular weight is 571 g/mol. The van der Waals surface area contributed by atoms with Crippen LogP contribution in [-0.2, 0) is 0 Å². The Labute approximate surface area is 260 Å². The second-order valence-corrected chi connectivity index (χ2v) is 12.1. The van der Waals surface area contributed by atoms with Crippen molar-refractivity contribution < 1.29 is 4.74 Å². The summed E-state index contributed by atoms with van der Waals surface area (Å²) in [6.45, 7) is 0. The van der Waals surface area contributed by atoms with E-state index in [1.54, 1.807) is 0 Å². The molecule has 1 heterocycles. The Kier molecular flexibility index (Phi) is 5.06. The monoisotopic (exact) mass is 570 g/mol. The van der Waals surface area contributed by atoms with Crippen molar-refractivity contribution in [1.82, 2.24) is 0 Å². The lowest BCUT2D eigenvalue weighted by atomic mass is 9.89. The van der Waals surface area contributed by atoms with Crippen molar-refractivity contribution in [3.8, 4) is 44.9 Å². The molecule has 0 atom stereocenters. The highest BCUT2D eigenvalue weighted by atomic mass is 16.5. The molecule has 1 heteroatoms. The molecule has 0 amide bonds. The van der Waals surface area contributed by atoms with Crippen molar-refractivity contribution >= 4 is 53.9 Å². The fraction of sp³-hybridized carbons (Fsp3) is 0. The molecule has 45 heavy (non-hydrogen) atoms. The molecule has 1 aliphatic rings. The molecule has 0 radical (unpaired) electrons. The molecule has 1 nitrogen and oxygen atoms in total. The molecule has 10 rings (SSSR count). The van der Waals surface area contributed by atoms with E-state index in [0.717, 1.165) is 17.1 Å². The highest BCUT2D eigenvalue weighted by Crippen LogP contribution is 2.48. The smallest absolute Gasteiger partial charge is 0.135 e. The molecule has 0 N–H and O–H groups in total. The Hall–Kier alpha value is -5.92. The summed E-state index contributed by atoms with van der Waals surface area (Å²) in [6, 6.07) is 57.4. The molecule has 0 saturated heterocycles. The zero-order valence-corrected chi connectivity index (χ0v) is 24.4. The van der Waals surface area contributed by atoms with Gasteiger partial charge in [-0.3, -0.25) is 0 Å². The van der Waals surface area contributed by atoms with Crippen LogP contribution in [0.25, 0.3) is 87.2 Å². The number of fused-ring (bicyclic) bond motifs is 8. The van der Waals surface area contributed by atoms with Gasteiger partial charge in [0, 0.05) is 10.9 Å². The van der Waals surface area contributed by atoms with Crippen LogP contribution in [0, 0.1) is 0 Å². The van der Waals surface area contributed by atoms with Crippen LogP contribution in [0.4, 0.5) is 0 Å². The van der Waals surface area contributed by atoms with Crippen LogP contribution in [0.3, 0.4) is 0 Å². The Morgan fingerprint density at radius 3 is 1.80 bits per heavy atom. The molecular weight excluding hydrogens is 544 g/mol. The third kappa shape index (κ3) is 3.62. The van der Waals surface area contributed by atoms with Crippen molar-refractivity contribution in [3.63, 3.8) is 0 Å². The van der Waals surface area contributed by atoms with Crippen molar-refractivity contribution in [2.24, 2.45) is 0 Å². The first-order valence-corrected chi connectivity index (χ1v) is 15.5. The molecular formula is C44H26O. The maximum absolute atomic E-state index is 6.34. The minimum atomic E-state index is 0.916. The Morgan fingerprint density at radius 1 is 0.289 bits per heavy atom. The fourth-order valence-electron chi connectivity index (χ4n) is 7.53. The van der Waals surface area contributed by atoms with Crippen LogP contribution >= 0.6 is 0 Å². The molecule has 0 fully saturated rings. The van der Waals surface area contributed by atoms with E-state index in [-0.39, 0.29) is 0 Å².